The molecule has 0 amide bonds. The molecule has 4 heterocycles. The molecule has 0 saturated heterocycles. The van der Waals surface area contributed by atoms with Crippen molar-refractivity contribution in [1.29, 1.82) is 0 Å². The van der Waals surface area contributed by atoms with E-state index in [0.717, 1.165) is 0 Å². The Bertz CT molecular complexity index is 1270. The van der Waals surface area contributed by atoms with Gasteiger partial charge in [0.1, 0.15) is 0 Å². The normalized spacial score (nSPS) is 12.2. The van der Waals surface area contributed by atoms with E-state index in [1.807, 2.05) is 0 Å². The van der Waals surface area contributed by atoms with Gasteiger partial charge in [0.05, 0.1) is 0 Å². The number of fused-ring (bicyclic) bond motifs is 2. The predicted molar refractivity (Wildman–Crippen MR) is 205 cm³/mol. The first-order valence-electron chi connectivity index (χ1n) is 18.3. The van der Waals surface area contributed by atoms with E-state index >= 15 is 0 Å². The van der Waals surface area contributed by atoms with Crippen molar-refractivity contribution in [3.63, 3.8) is 0 Å². The molecule has 4 heteroatoms. The zero-order chi connectivity index (χ0) is 31.0. The fourth-order valence-corrected chi connectivity index (χ4v) is 18.8. The Labute approximate surface area is 294 Å². The van der Waals surface area contributed by atoms with E-state index < -0.39 is 0 Å². The van der Waals surface area contributed by atoms with Crippen molar-refractivity contribution in [2.45, 2.75) is 169 Å². The van der Waals surface area contributed by atoms with Crippen LogP contribution in [0.3, 0.4) is 0 Å². The molecule has 0 radical (unpaired) electrons. The summed E-state index contributed by atoms with van der Waals surface area (Å²) >= 11 is 2.23. The maximum atomic E-state index is 2.63. The summed E-state index contributed by atoms with van der Waals surface area (Å²) in [6, 6.07) is 5.13. The molecular formula is C40H60Se4. The third-order valence-corrected chi connectivity index (χ3v) is 19.9. The monoisotopic (exact) mass is 860 g/mol. The molecule has 0 atom stereocenters. The van der Waals surface area contributed by atoms with Gasteiger partial charge < -0.3 is 0 Å². The average Bonchev–Trinajstić information content (AvgIpc) is 3.73. The topological polar surface area (TPSA) is 0 Å². The molecule has 0 aliphatic carbocycles. The molecule has 0 aliphatic rings. The predicted octanol–water partition coefficient (Wildman–Crippen LogP) is 11.9. The fourth-order valence-electron chi connectivity index (χ4n) is 6.61. The number of aryl methyl sites for hydroxylation is 4. The summed E-state index contributed by atoms with van der Waals surface area (Å²) in [6.07, 6.45) is 36.5. The summed E-state index contributed by atoms with van der Waals surface area (Å²) in [7, 11) is 0. The summed E-state index contributed by atoms with van der Waals surface area (Å²) in [5, 5.41) is 0. The molecule has 0 aliphatic heterocycles. The van der Waals surface area contributed by atoms with Crippen LogP contribution in [0, 0.1) is 13.8 Å². The first kappa shape index (κ1) is 37.1. The van der Waals surface area contributed by atoms with Crippen LogP contribution in [-0.2, 0) is 12.8 Å². The second-order valence-electron chi connectivity index (χ2n) is 13.2. The average molecular weight is 857 g/mol. The Kier molecular flexibility index (Phi) is 17.9. The van der Waals surface area contributed by atoms with Gasteiger partial charge in [-0.05, 0) is 0 Å². The van der Waals surface area contributed by atoms with Gasteiger partial charge >= 0.3 is 270 Å². The summed E-state index contributed by atoms with van der Waals surface area (Å²) < 4.78 is 13.8. The van der Waals surface area contributed by atoms with Gasteiger partial charge in [0, 0.05) is 0 Å². The number of hydrogen-bond donors (Lipinski definition) is 0. The van der Waals surface area contributed by atoms with Crippen LogP contribution in [0.4, 0.5) is 0 Å². The number of hydrogen-bond acceptors (Lipinski definition) is 0. The Morgan fingerprint density at radius 1 is 0.432 bits per heavy atom. The van der Waals surface area contributed by atoms with Crippen LogP contribution in [0.2, 0.25) is 0 Å². The third-order valence-electron chi connectivity index (χ3n) is 9.17. The van der Waals surface area contributed by atoms with Crippen molar-refractivity contribution >= 4 is 87.2 Å². The molecule has 0 aromatic carbocycles. The fraction of sp³-hybridized carbons (Fsp3) is 0.650. The standard InChI is InChI=1S/C40H60Se4/c1-5-7-9-11-13-15-17-19-21-23-25-33-35(43-37-29-31(3)41-39(33)37)27-28-36-34(40-38(44-36)30-32(4)42-40)26-24-22-20-18-16-14-12-10-8-6-2/h27-30H,5-26H2,1-4H3/b28-27+. The Morgan fingerprint density at radius 2 is 0.750 bits per heavy atom. The SMILES string of the molecule is CCCCCCCCCCCCc1c(/C=C/c2[se]c3cc(C)[se]c3c2CCCCCCCCCCCC)[se]c2cc(C)[se]c12. The first-order valence-corrected chi connectivity index (χ1v) is 25.2. The molecule has 0 spiro atoms. The van der Waals surface area contributed by atoms with Gasteiger partial charge in [-0.3, -0.25) is 0 Å². The zero-order valence-electron chi connectivity index (χ0n) is 28.5. The molecule has 0 saturated carbocycles. The van der Waals surface area contributed by atoms with E-state index in [-0.39, 0.29) is 0 Å². The van der Waals surface area contributed by atoms with Crippen LogP contribution >= 0.6 is 0 Å². The molecule has 0 nitrogen and oxygen atoms in total. The van der Waals surface area contributed by atoms with Gasteiger partial charge in [0.15, 0.2) is 0 Å². The summed E-state index contributed by atoms with van der Waals surface area (Å²) in [5.41, 5.74) is 3.57. The van der Waals surface area contributed by atoms with Crippen LogP contribution in [0.25, 0.3) is 29.2 Å². The molecule has 0 fully saturated rings. The van der Waals surface area contributed by atoms with Gasteiger partial charge in [-0.25, -0.2) is 0 Å². The van der Waals surface area contributed by atoms with Crippen molar-refractivity contribution in [2.24, 2.45) is 0 Å². The molecule has 44 heavy (non-hydrogen) atoms. The van der Waals surface area contributed by atoms with E-state index in [4.69, 9.17) is 0 Å². The second kappa shape index (κ2) is 21.3. The quantitative estimate of drug-likeness (QED) is 0.0486. The number of unbranched alkanes of at least 4 members (excludes halogenated alkanes) is 18. The Balaban J connectivity index is 1.32. The molecule has 0 N–H and O–H groups in total. The Hall–Kier alpha value is 0.258. The Morgan fingerprint density at radius 3 is 1.09 bits per heavy atom. The van der Waals surface area contributed by atoms with E-state index in [1.54, 1.807) is 45.9 Å². The van der Waals surface area contributed by atoms with Crippen molar-refractivity contribution < 1.29 is 0 Å². The van der Waals surface area contributed by atoms with E-state index in [9.17, 15) is 0 Å². The van der Waals surface area contributed by atoms with Gasteiger partial charge in [-0.1, -0.05) is 26.7 Å². The van der Waals surface area contributed by atoms with Crippen LogP contribution in [0.5, 0.6) is 0 Å². The molecule has 4 aromatic rings. The summed E-state index contributed by atoms with van der Waals surface area (Å²) in [4.78, 5) is 0. The van der Waals surface area contributed by atoms with Gasteiger partial charge in [-0.15, -0.1) is 0 Å². The number of rotatable bonds is 24. The molecule has 4 aromatic heterocycles. The van der Waals surface area contributed by atoms with E-state index in [0.29, 0.717) is 58.0 Å². The van der Waals surface area contributed by atoms with Crippen LogP contribution in [0.1, 0.15) is 171 Å². The van der Waals surface area contributed by atoms with Crippen molar-refractivity contribution in [3.8, 4) is 0 Å². The molecule has 4 rings (SSSR count). The summed E-state index contributed by atoms with van der Waals surface area (Å²) in [6.45, 7) is 9.38. The summed E-state index contributed by atoms with van der Waals surface area (Å²) in [5.74, 6) is 0. The van der Waals surface area contributed by atoms with Crippen LogP contribution in [0.15, 0.2) is 12.1 Å². The van der Waals surface area contributed by atoms with Crippen molar-refractivity contribution in [1.82, 2.24) is 0 Å². The van der Waals surface area contributed by atoms with Gasteiger partial charge in [-0.2, -0.15) is 0 Å². The zero-order valence-corrected chi connectivity index (χ0v) is 35.4. The van der Waals surface area contributed by atoms with Crippen molar-refractivity contribution in [2.75, 3.05) is 0 Å². The minimum atomic E-state index is 0.526. The van der Waals surface area contributed by atoms with Crippen LogP contribution in [-0.4, -0.2) is 58.0 Å². The second-order valence-corrected chi connectivity index (χ2v) is 23.0. The van der Waals surface area contributed by atoms with Crippen molar-refractivity contribution in [3.05, 3.63) is 41.0 Å². The molecule has 0 unspecified atom stereocenters. The minimum absolute atomic E-state index is 0.526. The van der Waals surface area contributed by atoms with E-state index in [2.05, 4.69) is 52.0 Å². The first-order chi connectivity index (χ1) is 21.6. The molecular weight excluding hydrogens is 796 g/mol. The molecule has 244 valence electrons. The molecule has 0 bridgehead atoms. The third kappa shape index (κ3) is 12.1. The van der Waals surface area contributed by atoms with E-state index in [1.165, 1.54) is 141 Å². The van der Waals surface area contributed by atoms with Gasteiger partial charge in [0.25, 0.3) is 0 Å². The maximum absolute atomic E-state index is 2.63. The van der Waals surface area contributed by atoms with Gasteiger partial charge in [0.2, 0.25) is 0 Å². The van der Waals surface area contributed by atoms with Crippen LogP contribution < -0.4 is 0 Å².